The maximum atomic E-state index is 15.1. The average Bonchev–Trinajstić information content (AvgIpc) is 3.29. The summed E-state index contributed by atoms with van der Waals surface area (Å²) in [6.07, 6.45) is -1.33. The Morgan fingerprint density at radius 3 is 2.02 bits per heavy atom. The molecule has 0 radical (unpaired) electrons. The minimum atomic E-state index is -1.18. The molecule has 0 aliphatic heterocycles. The molecule has 3 aromatic carbocycles. The molecule has 250 valence electrons. The maximum absolute atomic E-state index is 15.1. The molecule has 4 N–H and O–H groups in total. The predicted molar refractivity (Wildman–Crippen MR) is 176 cm³/mol. The third-order valence-electron chi connectivity index (χ3n) is 7.90. The highest BCUT2D eigenvalue weighted by Gasteiger charge is 2.33. The Hall–Kier alpha value is -4.93. The number of rotatable bonds is 11. The molecule has 0 fully saturated rings. The fourth-order valence-electron chi connectivity index (χ4n) is 5.55. The zero-order chi connectivity index (χ0) is 34.5. The first kappa shape index (κ1) is 34.9. The molecule has 11 heteroatoms. The molecule has 3 amide bonds. The molecule has 1 aliphatic carbocycles. The van der Waals surface area contributed by atoms with E-state index < -0.39 is 53.0 Å². The van der Waals surface area contributed by atoms with Crippen molar-refractivity contribution in [3.8, 4) is 11.1 Å². The first-order valence-corrected chi connectivity index (χ1v) is 15.5. The van der Waals surface area contributed by atoms with Gasteiger partial charge in [-0.15, -0.1) is 0 Å². The molecular weight excluding hydrogens is 605 g/mol. The molecule has 3 aromatic rings. The number of benzene rings is 3. The van der Waals surface area contributed by atoms with Gasteiger partial charge in [-0.05, 0) is 94.3 Å². The highest BCUT2D eigenvalue weighted by molar-refractivity contribution is 5.96. The summed E-state index contributed by atoms with van der Waals surface area (Å²) in [5, 5.41) is 17.3. The van der Waals surface area contributed by atoms with Crippen LogP contribution in [0.4, 0.5) is 19.7 Å². The van der Waals surface area contributed by atoms with E-state index in [-0.39, 0.29) is 31.1 Å². The van der Waals surface area contributed by atoms with Gasteiger partial charge in [0.25, 0.3) is 0 Å². The van der Waals surface area contributed by atoms with Gasteiger partial charge in [-0.2, -0.15) is 0 Å². The number of amides is 3. The van der Waals surface area contributed by atoms with Crippen molar-refractivity contribution in [3.05, 3.63) is 89.2 Å². The number of carbonyl (C=O) groups is 4. The normalized spacial score (nSPS) is 13.9. The number of carboxylic acids is 1. The second kappa shape index (κ2) is 14.2. The summed E-state index contributed by atoms with van der Waals surface area (Å²) in [5.74, 6) is -2.58. The van der Waals surface area contributed by atoms with E-state index in [1.165, 1.54) is 32.9 Å². The van der Waals surface area contributed by atoms with E-state index in [4.69, 9.17) is 9.47 Å². The topological polar surface area (TPSA) is 143 Å². The van der Waals surface area contributed by atoms with Gasteiger partial charge in [0, 0.05) is 12.0 Å². The maximum Gasteiger partial charge on any atom is 0.407 e. The highest BCUT2D eigenvalue weighted by Crippen LogP contribution is 2.44. The van der Waals surface area contributed by atoms with E-state index in [0.29, 0.717) is 5.56 Å². The van der Waals surface area contributed by atoms with Gasteiger partial charge in [-0.3, -0.25) is 9.59 Å². The lowest BCUT2D eigenvalue weighted by Crippen LogP contribution is -2.43. The Labute approximate surface area is 274 Å². The number of carboxylic acid groups (broad SMARTS) is 1. The zero-order valence-corrected chi connectivity index (χ0v) is 27.5. The van der Waals surface area contributed by atoms with E-state index >= 15 is 4.39 Å². The lowest BCUT2D eigenvalue weighted by molar-refractivity contribution is -0.147. The molecule has 0 heterocycles. The Morgan fingerprint density at radius 1 is 0.872 bits per heavy atom. The SMILES string of the molecule is C[C@H](NC(=O)OCC1c2ccccc2-c2ccccc21)C(=O)Nc1ccc(C[C@@H](CC(C)(C)C(=O)O)NC(=O)OC(C)(C)C)cc1F. The summed E-state index contributed by atoms with van der Waals surface area (Å²) in [5.41, 5.74) is 2.72. The van der Waals surface area contributed by atoms with Crippen molar-refractivity contribution in [3.63, 3.8) is 0 Å². The van der Waals surface area contributed by atoms with Crippen molar-refractivity contribution in [2.75, 3.05) is 11.9 Å². The summed E-state index contributed by atoms with van der Waals surface area (Å²) in [4.78, 5) is 49.7. The fraction of sp³-hybridized carbons (Fsp3) is 0.389. The number of alkyl carbamates (subject to hydrolysis) is 2. The Balaban J connectivity index is 1.34. The van der Waals surface area contributed by atoms with Crippen LogP contribution in [0.2, 0.25) is 0 Å². The van der Waals surface area contributed by atoms with E-state index in [0.717, 1.165) is 22.3 Å². The molecule has 47 heavy (non-hydrogen) atoms. The molecule has 0 saturated heterocycles. The number of ether oxygens (including phenoxy) is 2. The zero-order valence-electron chi connectivity index (χ0n) is 27.5. The van der Waals surface area contributed by atoms with Crippen LogP contribution in [0, 0.1) is 11.2 Å². The molecule has 0 spiro atoms. The number of carbonyl (C=O) groups excluding carboxylic acids is 3. The van der Waals surface area contributed by atoms with Crippen LogP contribution in [-0.4, -0.2) is 53.5 Å². The third kappa shape index (κ3) is 9.08. The van der Waals surface area contributed by atoms with Crippen LogP contribution in [0.15, 0.2) is 66.7 Å². The first-order valence-electron chi connectivity index (χ1n) is 15.5. The van der Waals surface area contributed by atoms with Gasteiger partial charge in [-0.25, -0.2) is 14.0 Å². The molecular formula is C36H42FN3O7. The molecule has 2 atom stereocenters. The van der Waals surface area contributed by atoms with E-state index in [1.807, 2.05) is 48.5 Å². The number of halogens is 1. The molecule has 10 nitrogen and oxygen atoms in total. The van der Waals surface area contributed by atoms with Gasteiger partial charge >= 0.3 is 18.2 Å². The van der Waals surface area contributed by atoms with Gasteiger partial charge < -0.3 is 30.5 Å². The van der Waals surface area contributed by atoms with Gasteiger partial charge in [0.1, 0.15) is 24.1 Å². The molecule has 4 rings (SSSR count). The summed E-state index contributed by atoms with van der Waals surface area (Å²) in [6.45, 7) is 9.74. The number of nitrogens with one attached hydrogen (secondary N) is 3. The van der Waals surface area contributed by atoms with E-state index in [9.17, 15) is 24.3 Å². The summed E-state index contributed by atoms with van der Waals surface area (Å²) >= 11 is 0. The molecule has 0 unspecified atom stereocenters. The Morgan fingerprint density at radius 2 is 1.47 bits per heavy atom. The van der Waals surface area contributed by atoms with Crippen molar-refractivity contribution in [1.29, 1.82) is 0 Å². The van der Waals surface area contributed by atoms with E-state index in [2.05, 4.69) is 16.0 Å². The molecule has 0 bridgehead atoms. The molecule has 0 saturated carbocycles. The summed E-state index contributed by atoms with van der Waals surface area (Å²) in [7, 11) is 0. The average molecular weight is 648 g/mol. The van der Waals surface area contributed by atoms with Crippen LogP contribution < -0.4 is 16.0 Å². The Bertz CT molecular complexity index is 1600. The van der Waals surface area contributed by atoms with Crippen molar-refractivity contribution in [1.82, 2.24) is 10.6 Å². The fourth-order valence-corrected chi connectivity index (χ4v) is 5.55. The second-order valence-electron chi connectivity index (χ2n) is 13.4. The van der Waals surface area contributed by atoms with Crippen LogP contribution in [-0.2, 0) is 25.5 Å². The summed E-state index contributed by atoms with van der Waals surface area (Å²) < 4.78 is 26.0. The van der Waals surface area contributed by atoms with Crippen molar-refractivity contribution >= 4 is 29.8 Å². The van der Waals surface area contributed by atoms with Crippen molar-refractivity contribution < 1.29 is 38.1 Å². The van der Waals surface area contributed by atoms with Crippen LogP contribution >= 0.6 is 0 Å². The van der Waals surface area contributed by atoms with Crippen LogP contribution in [0.3, 0.4) is 0 Å². The number of anilines is 1. The smallest absolute Gasteiger partial charge is 0.407 e. The number of hydrogen-bond donors (Lipinski definition) is 4. The van der Waals surface area contributed by atoms with Gasteiger partial charge in [0.15, 0.2) is 0 Å². The highest BCUT2D eigenvalue weighted by atomic mass is 19.1. The lowest BCUT2D eigenvalue weighted by atomic mass is 9.84. The van der Waals surface area contributed by atoms with Crippen molar-refractivity contribution in [2.24, 2.45) is 5.41 Å². The number of aliphatic carboxylic acids is 1. The minimum Gasteiger partial charge on any atom is -0.481 e. The Kier molecular flexibility index (Phi) is 10.6. The van der Waals surface area contributed by atoms with Crippen molar-refractivity contribution in [2.45, 2.75) is 78.0 Å². The van der Waals surface area contributed by atoms with Gasteiger partial charge in [0.05, 0.1) is 11.1 Å². The standard InChI is InChI=1S/C36H42FN3O7/c1-21(38-33(44)46-20-28-26-13-9-7-11-24(26)25-12-8-10-14-27(25)28)31(41)40-30-16-15-22(18-29(30)37)17-23(19-36(5,6)32(42)43)39-34(45)47-35(2,3)4/h7-16,18,21,23,28H,17,19-20H2,1-6H3,(H,38,44)(H,39,45)(H,40,41)(H,42,43)/t21-,23-/m0/s1. The van der Waals surface area contributed by atoms with E-state index in [1.54, 1.807) is 26.8 Å². The monoisotopic (exact) mass is 647 g/mol. The molecule has 0 aromatic heterocycles. The van der Waals surface area contributed by atoms with Crippen LogP contribution in [0.5, 0.6) is 0 Å². The largest absolute Gasteiger partial charge is 0.481 e. The van der Waals surface area contributed by atoms with Crippen LogP contribution in [0.1, 0.15) is 70.6 Å². The molecule has 1 aliphatic rings. The van der Waals surface area contributed by atoms with Gasteiger partial charge in [-0.1, -0.05) is 54.6 Å². The lowest BCUT2D eigenvalue weighted by Gasteiger charge is -2.28. The number of hydrogen-bond acceptors (Lipinski definition) is 6. The third-order valence-corrected chi connectivity index (χ3v) is 7.90. The summed E-state index contributed by atoms with van der Waals surface area (Å²) in [6, 6.07) is 18.3. The first-order chi connectivity index (χ1) is 22.0. The quantitative estimate of drug-likeness (QED) is 0.183. The second-order valence-corrected chi connectivity index (χ2v) is 13.4. The number of fused-ring (bicyclic) bond motifs is 3. The van der Waals surface area contributed by atoms with Gasteiger partial charge in [0.2, 0.25) is 5.91 Å². The predicted octanol–water partition coefficient (Wildman–Crippen LogP) is 6.63. The minimum absolute atomic E-state index is 0.0563. The van der Waals surface area contributed by atoms with Crippen LogP contribution in [0.25, 0.3) is 11.1 Å².